The molecule has 0 aromatic carbocycles. The normalized spacial score (nSPS) is 24.4. The number of hydrogen-bond donors (Lipinski definition) is 2. The average molecular weight is 232 g/mol. The van der Waals surface area contributed by atoms with E-state index in [-0.39, 0.29) is 29.4 Å². The monoisotopic (exact) mass is 232 g/mol. The van der Waals surface area contributed by atoms with Crippen LogP contribution in [-0.2, 0) is 20.4 Å². The summed E-state index contributed by atoms with van der Waals surface area (Å²) in [6, 6.07) is 0. The molecule has 1 fully saturated rings. The zero-order valence-electron chi connectivity index (χ0n) is 8.91. The molecular formula is C9H16N2O3S. The quantitative estimate of drug-likeness (QED) is 0.653. The third kappa shape index (κ3) is 3.62. The Balaban J connectivity index is 2.30. The maximum absolute atomic E-state index is 11.5. The minimum absolute atomic E-state index is 0.0565. The van der Waals surface area contributed by atoms with E-state index < -0.39 is 10.8 Å². The largest absolute Gasteiger partial charge is 0.355 e. The van der Waals surface area contributed by atoms with Crippen molar-refractivity contribution in [2.75, 3.05) is 19.3 Å². The maximum atomic E-state index is 11.5. The third-order valence-corrected chi connectivity index (χ3v) is 3.78. The highest BCUT2D eigenvalue weighted by Crippen LogP contribution is 2.08. The van der Waals surface area contributed by atoms with Crippen LogP contribution in [0.25, 0.3) is 0 Å². The minimum atomic E-state index is -0.933. The van der Waals surface area contributed by atoms with E-state index in [9.17, 15) is 13.8 Å². The molecule has 86 valence electrons. The Morgan fingerprint density at radius 3 is 2.87 bits per heavy atom. The Bertz CT molecular complexity index is 293. The van der Waals surface area contributed by atoms with Crippen LogP contribution in [0.15, 0.2) is 0 Å². The molecule has 0 saturated carbocycles. The fraction of sp³-hybridized carbons (Fsp3) is 0.778. The smallest absolute Gasteiger partial charge is 0.225 e. The molecular weight excluding hydrogens is 216 g/mol. The van der Waals surface area contributed by atoms with Gasteiger partial charge in [-0.05, 0) is 6.92 Å². The molecule has 0 aromatic heterocycles. The number of hydrogen-bond acceptors (Lipinski definition) is 3. The van der Waals surface area contributed by atoms with Crippen molar-refractivity contribution in [2.24, 2.45) is 5.92 Å². The second-order valence-electron chi connectivity index (χ2n) is 3.76. The van der Waals surface area contributed by atoms with E-state index in [0.29, 0.717) is 13.1 Å². The zero-order chi connectivity index (χ0) is 11.4. The van der Waals surface area contributed by atoms with E-state index in [1.54, 1.807) is 6.26 Å². The highest BCUT2D eigenvalue weighted by molar-refractivity contribution is 7.84. The van der Waals surface area contributed by atoms with Gasteiger partial charge in [0.15, 0.2) is 0 Å². The minimum Gasteiger partial charge on any atom is -0.355 e. The van der Waals surface area contributed by atoms with Crippen LogP contribution in [0.4, 0.5) is 0 Å². The van der Waals surface area contributed by atoms with Gasteiger partial charge < -0.3 is 10.6 Å². The molecule has 0 bridgehead atoms. The molecule has 0 aromatic rings. The summed E-state index contributed by atoms with van der Waals surface area (Å²) in [5, 5.41) is 5.25. The molecule has 2 N–H and O–H groups in total. The Kier molecular flexibility index (Phi) is 4.26. The van der Waals surface area contributed by atoms with E-state index >= 15 is 0 Å². The van der Waals surface area contributed by atoms with Crippen molar-refractivity contribution in [3.05, 3.63) is 0 Å². The second kappa shape index (κ2) is 5.25. The van der Waals surface area contributed by atoms with Crippen molar-refractivity contribution in [1.82, 2.24) is 10.6 Å². The Morgan fingerprint density at radius 2 is 2.40 bits per heavy atom. The summed E-state index contributed by atoms with van der Waals surface area (Å²) in [7, 11) is -0.933. The van der Waals surface area contributed by atoms with Crippen LogP contribution in [0.3, 0.4) is 0 Å². The van der Waals surface area contributed by atoms with E-state index in [1.807, 2.05) is 6.92 Å². The lowest BCUT2D eigenvalue weighted by Gasteiger charge is -2.12. The topological polar surface area (TPSA) is 75.3 Å². The summed E-state index contributed by atoms with van der Waals surface area (Å²) in [5.74, 6) is -0.483. The Hall–Kier alpha value is -0.910. The van der Waals surface area contributed by atoms with Crippen LogP contribution in [0.2, 0.25) is 0 Å². The van der Waals surface area contributed by atoms with E-state index in [2.05, 4.69) is 10.6 Å². The molecule has 15 heavy (non-hydrogen) atoms. The van der Waals surface area contributed by atoms with E-state index in [1.165, 1.54) is 0 Å². The van der Waals surface area contributed by atoms with Crippen LogP contribution >= 0.6 is 0 Å². The van der Waals surface area contributed by atoms with E-state index in [4.69, 9.17) is 0 Å². The van der Waals surface area contributed by atoms with Gasteiger partial charge in [-0.3, -0.25) is 13.8 Å². The number of carbonyl (C=O) groups excluding carboxylic acids is 2. The molecule has 5 nitrogen and oxygen atoms in total. The Labute approximate surface area is 91.4 Å². The van der Waals surface area contributed by atoms with Crippen LogP contribution in [0, 0.1) is 5.92 Å². The number of carbonyl (C=O) groups is 2. The van der Waals surface area contributed by atoms with Crippen molar-refractivity contribution >= 4 is 22.6 Å². The number of rotatable bonds is 4. The summed E-state index contributed by atoms with van der Waals surface area (Å²) in [6.07, 6.45) is 1.87. The van der Waals surface area contributed by atoms with Crippen molar-refractivity contribution in [2.45, 2.75) is 18.6 Å². The summed E-state index contributed by atoms with van der Waals surface area (Å²) in [5.41, 5.74) is 0. The first kappa shape index (κ1) is 12.2. The summed E-state index contributed by atoms with van der Waals surface area (Å²) in [4.78, 5) is 22.4. The summed E-state index contributed by atoms with van der Waals surface area (Å²) < 4.78 is 11.0. The fourth-order valence-electron chi connectivity index (χ4n) is 1.30. The predicted octanol–water partition coefficient (Wildman–Crippen LogP) is -0.994. The molecule has 3 atom stereocenters. The molecule has 0 spiro atoms. The van der Waals surface area contributed by atoms with Gasteiger partial charge in [-0.15, -0.1) is 0 Å². The molecule has 1 aliphatic heterocycles. The molecule has 1 saturated heterocycles. The van der Waals surface area contributed by atoms with Gasteiger partial charge in [0.2, 0.25) is 11.8 Å². The van der Waals surface area contributed by atoms with Gasteiger partial charge in [0, 0.05) is 41.8 Å². The fourth-order valence-corrected chi connectivity index (χ4v) is 1.61. The third-order valence-electron chi connectivity index (χ3n) is 2.48. The van der Waals surface area contributed by atoms with Crippen molar-refractivity contribution in [3.63, 3.8) is 0 Å². The SMILES string of the molecule is CC(CNC(=O)C1CNC(=O)C1)S(C)=O. The first-order valence-electron chi connectivity index (χ1n) is 4.87. The van der Waals surface area contributed by atoms with Gasteiger partial charge in [-0.1, -0.05) is 0 Å². The van der Waals surface area contributed by atoms with Crippen LogP contribution < -0.4 is 10.6 Å². The van der Waals surface area contributed by atoms with Gasteiger partial charge in [0.05, 0.1) is 5.92 Å². The van der Waals surface area contributed by atoms with Crippen molar-refractivity contribution in [1.29, 1.82) is 0 Å². The van der Waals surface area contributed by atoms with Crippen LogP contribution in [0.1, 0.15) is 13.3 Å². The molecule has 0 aliphatic carbocycles. The molecule has 1 aliphatic rings. The maximum Gasteiger partial charge on any atom is 0.225 e. The highest BCUT2D eigenvalue weighted by atomic mass is 32.2. The van der Waals surface area contributed by atoms with Crippen molar-refractivity contribution < 1.29 is 13.8 Å². The first-order valence-corrected chi connectivity index (χ1v) is 6.49. The van der Waals surface area contributed by atoms with Crippen LogP contribution in [0.5, 0.6) is 0 Å². The van der Waals surface area contributed by atoms with Crippen molar-refractivity contribution in [3.8, 4) is 0 Å². The Morgan fingerprint density at radius 1 is 1.73 bits per heavy atom. The summed E-state index contributed by atoms with van der Waals surface area (Å²) >= 11 is 0. The van der Waals surface area contributed by atoms with Gasteiger partial charge >= 0.3 is 0 Å². The predicted molar refractivity (Wildman–Crippen MR) is 57.7 cm³/mol. The first-order chi connectivity index (χ1) is 7.00. The lowest BCUT2D eigenvalue weighted by molar-refractivity contribution is -0.126. The summed E-state index contributed by atoms with van der Waals surface area (Å²) in [6.45, 7) is 2.62. The van der Waals surface area contributed by atoms with Gasteiger partial charge in [-0.25, -0.2) is 0 Å². The number of amides is 2. The lowest BCUT2D eigenvalue weighted by atomic mass is 10.1. The molecule has 6 heteroatoms. The molecule has 1 heterocycles. The average Bonchev–Trinajstić information content (AvgIpc) is 2.60. The standard InChI is InChI=1S/C9H16N2O3S/c1-6(15(2)14)4-11-9(13)7-3-8(12)10-5-7/h6-7H,3-5H2,1-2H3,(H,10,12)(H,11,13). The van der Waals surface area contributed by atoms with E-state index in [0.717, 1.165) is 0 Å². The lowest BCUT2D eigenvalue weighted by Crippen LogP contribution is -2.37. The van der Waals surface area contributed by atoms with Gasteiger partial charge in [-0.2, -0.15) is 0 Å². The van der Waals surface area contributed by atoms with Crippen LogP contribution in [-0.4, -0.2) is 40.6 Å². The van der Waals surface area contributed by atoms with Gasteiger partial charge in [0.1, 0.15) is 0 Å². The van der Waals surface area contributed by atoms with Gasteiger partial charge in [0.25, 0.3) is 0 Å². The molecule has 3 unspecified atom stereocenters. The zero-order valence-corrected chi connectivity index (χ0v) is 9.73. The highest BCUT2D eigenvalue weighted by Gasteiger charge is 2.27. The number of nitrogens with one attached hydrogen (secondary N) is 2. The molecule has 1 rings (SSSR count). The molecule has 2 amide bonds. The molecule has 0 radical (unpaired) electrons. The second-order valence-corrected chi connectivity index (χ2v) is 5.56.